The van der Waals surface area contributed by atoms with Crippen molar-refractivity contribution in [3.05, 3.63) is 48.5 Å². The van der Waals surface area contributed by atoms with E-state index < -0.39 is 15.9 Å². The lowest BCUT2D eigenvalue weighted by atomic mass is 10.1. The predicted molar refractivity (Wildman–Crippen MR) is 124 cm³/mol. The normalized spacial score (nSPS) is 15.7. The molecule has 0 saturated carbocycles. The zero-order chi connectivity index (χ0) is 22.4. The van der Waals surface area contributed by atoms with Crippen LogP contribution in [0.25, 0.3) is 0 Å². The average molecular weight is 464 g/mol. The highest BCUT2D eigenvalue weighted by Gasteiger charge is 2.23. The first-order valence-electron chi connectivity index (χ1n) is 10.1. The van der Waals surface area contributed by atoms with E-state index >= 15 is 0 Å². The fraction of sp³-hybridized carbons (Fsp3) is 0.409. The van der Waals surface area contributed by atoms with Crippen LogP contribution in [0, 0.1) is 0 Å². The number of nitrogens with zero attached hydrogens (tertiary/aromatic N) is 2. The largest absolute Gasteiger partial charge is 0.490 e. The molecule has 0 aromatic heterocycles. The zero-order valence-electron chi connectivity index (χ0n) is 18.1. The third-order valence-corrected chi connectivity index (χ3v) is 7.80. The Morgan fingerprint density at radius 2 is 1.74 bits per heavy atom. The molecule has 1 N–H and O–H groups in total. The lowest BCUT2D eigenvalue weighted by Gasteiger charge is -2.29. The van der Waals surface area contributed by atoms with E-state index in [1.54, 1.807) is 36.4 Å². The van der Waals surface area contributed by atoms with Crippen LogP contribution in [0.15, 0.2) is 58.3 Å². The first-order valence-corrected chi connectivity index (χ1v) is 12.8. The molecule has 7 nitrogen and oxygen atoms in total. The van der Waals surface area contributed by atoms with E-state index in [4.69, 9.17) is 4.74 Å². The van der Waals surface area contributed by atoms with Gasteiger partial charge in [0, 0.05) is 30.7 Å². The van der Waals surface area contributed by atoms with Gasteiger partial charge in [-0.1, -0.05) is 0 Å². The number of hydrogen-bond donors (Lipinski definition) is 1. The van der Waals surface area contributed by atoms with Crippen LogP contribution in [-0.2, 0) is 14.8 Å². The first kappa shape index (κ1) is 23.6. The second-order valence-corrected chi connectivity index (χ2v) is 10.6. The molecule has 9 heteroatoms. The number of hydrogen-bond acceptors (Lipinski definition) is 6. The molecular weight excluding hydrogens is 434 g/mol. The summed E-state index contributed by atoms with van der Waals surface area (Å²) in [5.74, 6) is 0.358. The molecule has 3 rings (SSSR count). The summed E-state index contributed by atoms with van der Waals surface area (Å²) in [4.78, 5) is 15.8. The van der Waals surface area contributed by atoms with E-state index in [1.807, 2.05) is 18.4 Å². The van der Waals surface area contributed by atoms with Gasteiger partial charge in [-0.3, -0.25) is 4.79 Å². The van der Waals surface area contributed by atoms with Gasteiger partial charge < -0.3 is 15.0 Å². The van der Waals surface area contributed by atoms with Gasteiger partial charge in [0.2, 0.25) is 15.9 Å². The molecule has 0 bridgehead atoms. The molecular formula is C22H29N3O4S2. The number of piperidine rings is 1. The van der Waals surface area contributed by atoms with Gasteiger partial charge in [-0.15, -0.1) is 11.8 Å². The van der Waals surface area contributed by atoms with Crippen molar-refractivity contribution in [3.8, 4) is 5.75 Å². The molecule has 1 amide bonds. The van der Waals surface area contributed by atoms with Crippen molar-refractivity contribution in [1.82, 2.24) is 9.21 Å². The number of anilines is 1. The van der Waals surface area contributed by atoms with Gasteiger partial charge in [0.1, 0.15) is 11.9 Å². The summed E-state index contributed by atoms with van der Waals surface area (Å²) in [6, 6.07) is 13.8. The van der Waals surface area contributed by atoms with E-state index in [0.29, 0.717) is 5.69 Å². The summed E-state index contributed by atoms with van der Waals surface area (Å²) in [5, 5.41) is 2.74. The molecule has 1 fully saturated rings. The minimum absolute atomic E-state index is 0.163. The summed E-state index contributed by atoms with van der Waals surface area (Å²) >= 11 is 1.54. The highest BCUT2D eigenvalue weighted by Crippen LogP contribution is 2.22. The van der Waals surface area contributed by atoms with Gasteiger partial charge in [-0.05, 0) is 74.7 Å². The van der Waals surface area contributed by atoms with Crippen molar-refractivity contribution >= 4 is 33.4 Å². The highest BCUT2D eigenvalue weighted by molar-refractivity contribution is 7.98. The Hall–Kier alpha value is -2.07. The SMILES string of the molecule is CSc1ccc(S(=O)(=O)N(C)CC(=O)Nc2ccc(OC3CCN(C)CC3)cc2)cc1. The van der Waals surface area contributed by atoms with Crippen molar-refractivity contribution in [2.75, 3.05) is 45.3 Å². The number of likely N-dealkylation sites (N-methyl/N-ethyl adjacent to an activating group) is 1. The summed E-state index contributed by atoms with van der Waals surface area (Å²) in [6.45, 7) is 1.77. The number of nitrogens with one attached hydrogen (secondary N) is 1. The number of rotatable bonds is 8. The maximum Gasteiger partial charge on any atom is 0.243 e. The summed E-state index contributed by atoms with van der Waals surface area (Å²) < 4.78 is 32.4. The average Bonchev–Trinajstić information content (AvgIpc) is 2.76. The molecule has 168 valence electrons. The lowest BCUT2D eigenvalue weighted by Crippen LogP contribution is -2.35. The van der Waals surface area contributed by atoms with E-state index in [-0.39, 0.29) is 17.5 Å². The molecule has 2 aromatic rings. The van der Waals surface area contributed by atoms with Crippen LogP contribution < -0.4 is 10.1 Å². The summed E-state index contributed by atoms with van der Waals surface area (Å²) in [5.41, 5.74) is 0.593. The van der Waals surface area contributed by atoms with Crippen molar-refractivity contribution in [2.45, 2.75) is 28.7 Å². The molecule has 1 heterocycles. The molecule has 0 spiro atoms. The smallest absolute Gasteiger partial charge is 0.243 e. The summed E-state index contributed by atoms with van der Waals surface area (Å²) in [7, 11) is -0.231. The number of ether oxygens (including phenoxy) is 1. The second-order valence-electron chi connectivity index (χ2n) is 7.63. The van der Waals surface area contributed by atoms with E-state index in [1.165, 1.54) is 18.8 Å². The molecule has 1 saturated heterocycles. The van der Waals surface area contributed by atoms with Crippen molar-refractivity contribution in [1.29, 1.82) is 0 Å². The second kappa shape index (κ2) is 10.5. The standard InChI is InChI=1S/C22H29N3O4S2/c1-24-14-12-19(13-15-24)29-18-6-4-17(5-7-18)23-22(26)16-25(2)31(27,28)21-10-8-20(30-3)9-11-21/h4-11,19H,12-16H2,1-3H3,(H,23,26). The van der Waals surface area contributed by atoms with Crippen LogP contribution in [0.4, 0.5) is 5.69 Å². The monoisotopic (exact) mass is 463 g/mol. The maximum absolute atomic E-state index is 12.7. The van der Waals surface area contributed by atoms with Gasteiger partial charge in [-0.2, -0.15) is 4.31 Å². The van der Waals surface area contributed by atoms with Crippen LogP contribution >= 0.6 is 11.8 Å². The molecule has 1 aliphatic rings. The number of carbonyl (C=O) groups is 1. The van der Waals surface area contributed by atoms with Crippen LogP contribution in [0.3, 0.4) is 0 Å². The quantitative estimate of drug-likeness (QED) is 0.606. The van der Waals surface area contributed by atoms with Gasteiger partial charge in [0.05, 0.1) is 11.4 Å². The molecule has 0 radical (unpaired) electrons. The van der Waals surface area contributed by atoms with Crippen LogP contribution in [-0.4, -0.2) is 69.6 Å². The number of benzene rings is 2. The first-order chi connectivity index (χ1) is 14.8. The highest BCUT2D eigenvalue weighted by atomic mass is 32.2. The minimum atomic E-state index is -3.74. The maximum atomic E-state index is 12.7. The Kier molecular flexibility index (Phi) is 7.99. The molecule has 31 heavy (non-hydrogen) atoms. The van der Waals surface area contributed by atoms with Crippen molar-refractivity contribution in [2.24, 2.45) is 0 Å². The van der Waals surface area contributed by atoms with Gasteiger partial charge in [0.25, 0.3) is 0 Å². The van der Waals surface area contributed by atoms with Crippen LogP contribution in [0.5, 0.6) is 5.75 Å². The number of carbonyl (C=O) groups excluding carboxylic acids is 1. The molecule has 0 aliphatic carbocycles. The fourth-order valence-corrected chi connectivity index (χ4v) is 4.86. The van der Waals surface area contributed by atoms with Crippen LogP contribution in [0.1, 0.15) is 12.8 Å². The fourth-order valence-electron chi connectivity index (χ4n) is 3.33. The Morgan fingerprint density at radius 3 is 2.32 bits per heavy atom. The Bertz CT molecular complexity index is 971. The number of likely N-dealkylation sites (tertiary alicyclic amines) is 1. The molecule has 1 aliphatic heterocycles. The number of amides is 1. The Labute approximate surface area is 188 Å². The van der Waals surface area contributed by atoms with Gasteiger partial charge >= 0.3 is 0 Å². The van der Waals surface area contributed by atoms with Crippen molar-refractivity contribution in [3.63, 3.8) is 0 Å². The van der Waals surface area contributed by atoms with Crippen LogP contribution in [0.2, 0.25) is 0 Å². The van der Waals surface area contributed by atoms with Gasteiger partial charge in [-0.25, -0.2) is 8.42 Å². The van der Waals surface area contributed by atoms with E-state index in [9.17, 15) is 13.2 Å². The third kappa shape index (κ3) is 6.46. The third-order valence-electron chi connectivity index (χ3n) is 5.24. The van der Waals surface area contributed by atoms with E-state index in [0.717, 1.165) is 40.9 Å². The predicted octanol–water partition coefficient (Wildman–Crippen LogP) is 3.14. The zero-order valence-corrected chi connectivity index (χ0v) is 19.7. The topological polar surface area (TPSA) is 79.0 Å². The molecule has 0 atom stereocenters. The van der Waals surface area contributed by atoms with Gasteiger partial charge in [0.15, 0.2) is 0 Å². The number of sulfonamides is 1. The minimum Gasteiger partial charge on any atom is -0.490 e. The van der Waals surface area contributed by atoms with E-state index in [2.05, 4.69) is 17.3 Å². The Balaban J connectivity index is 1.53. The van der Waals surface area contributed by atoms with Crippen molar-refractivity contribution < 1.29 is 17.9 Å². The lowest BCUT2D eigenvalue weighted by molar-refractivity contribution is -0.116. The number of thioether (sulfide) groups is 1. The molecule has 2 aromatic carbocycles. The molecule has 0 unspecified atom stereocenters. The summed E-state index contributed by atoms with van der Waals surface area (Å²) in [6.07, 6.45) is 4.12. The Morgan fingerprint density at radius 1 is 1.13 bits per heavy atom.